The summed E-state index contributed by atoms with van der Waals surface area (Å²) in [6.45, 7) is 0.780. The number of nitrogens with zero attached hydrogens (tertiary/aromatic N) is 5. The number of hydrogen-bond acceptors (Lipinski definition) is 8. The van der Waals surface area contributed by atoms with Gasteiger partial charge in [-0.1, -0.05) is 0 Å². The molecular weight excluding hydrogens is 296 g/mol. The first kappa shape index (κ1) is 13.8. The molecule has 2 aromatic rings. The standard InChI is InChI=1S/C11H14N6O3S/c12-10-14-8(7-9(15-10)21-5-13-7)17-2-1-16(11(19)20)3-6(17)4-18/h5-6,18H,1-4H2,(H,19,20)(H2,12,14,15). The van der Waals surface area contributed by atoms with E-state index in [1.165, 1.54) is 16.2 Å². The van der Waals surface area contributed by atoms with E-state index in [1.807, 2.05) is 4.90 Å². The van der Waals surface area contributed by atoms with Gasteiger partial charge in [0.1, 0.15) is 5.52 Å². The summed E-state index contributed by atoms with van der Waals surface area (Å²) in [5.74, 6) is 0.682. The van der Waals surface area contributed by atoms with Gasteiger partial charge in [0, 0.05) is 19.6 Å². The highest BCUT2D eigenvalue weighted by atomic mass is 32.1. The number of nitrogen functional groups attached to an aromatic ring is 1. The van der Waals surface area contributed by atoms with E-state index in [-0.39, 0.29) is 25.1 Å². The number of aliphatic hydroxyl groups excluding tert-OH is 1. The molecule has 0 aromatic carbocycles. The van der Waals surface area contributed by atoms with E-state index in [1.54, 1.807) is 5.51 Å². The highest BCUT2D eigenvalue weighted by Gasteiger charge is 2.31. The minimum Gasteiger partial charge on any atom is -0.465 e. The highest BCUT2D eigenvalue weighted by Crippen LogP contribution is 2.28. The number of carbonyl (C=O) groups is 1. The maximum atomic E-state index is 11.1. The molecule has 0 bridgehead atoms. The molecule has 0 radical (unpaired) electrons. The van der Waals surface area contributed by atoms with Gasteiger partial charge < -0.3 is 25.7 Å². The molecule has 3 rings (SSSR count). The zero-order chi connectivity index (χ0) is 15.0. The first-order valence-corrected chi connectivity index (χ1v) is 7.20. The van der Waals surface area contributed by atoms with Crippen molar-refractivity contribution in [3.8, 4) is 0 Å². The Kier molecular flexibility index (Phi) is 3.47. The van der Waals surface area contributed by atoms with Crippen LogP contribution in [0.15, 0.2) is 5.51 Å². The third kappa shape index (κ3) is 2.43. The number of nitrogens with two attached hydrogens (primary N) is 1. The summed E-state index contributed by atoms with van der Waals surface area (Å²) < 4.78 is 0. The molecule has 9 nitrogen and oxygen atoms in total. The minimum absolute atomic E-state index is 0.138. The maximum absolute atomic E-state index is 11.1. The van der Waals surface area contributed by atoms with Crippen molar-refractivity contribution in [1.29, 1.82) is 0 Å². The van der Waals surface area contributed by atoms with Crippen LogP contribution in [0.1, 0.15) is 0 Å². The van der Waals surface area contributed by atoms with E-state index < -0.39 is 6.09 Å². The second-order valence-electron chi connectivity index (χ2n) is 4.67. The Morgan fingerprint density at radius 2 is 2.29 bits per heavy atom. The van der Waals surface area contributed by atoms with E-state index in [2.05, 4.69) is 15.0 Å². The van der Waals surface area contributed by atoms with E-state index >= 15 is 0 Å². The number of aliphatic hydroxyl groups is 1. The first-order chi connectivity index (χ1) is 10.1. The van der Waals surface area contributed by atoms with Gasteiger partial charge >= 0.3 is 6.09 Å². The monoisotopic (exact) mass is 310 g/mol. The van der Waals surface area contributed by atoms with Crippen LogP contribution in [0.3, 0.4) is 0 Å². The summed E-state index contributed by atoms with van der Waals surface area (Å²) in [5, 5.41) is 18.6. The van der Waals surface area contributed by atoms with Crippen molar-refractivity contribution < 1.29 is 15.0 Å². The number of amides is 1. The van der Waals surface area contributed by atoms with Crippen molar-refractivity contribution in [3.63, 3.8) is 0 Å². The predicted molar refractivity (Wildman–Crippen MR) is 77.4 cm³/mol. The molecule has 0 aliphatic carbocycles. The summed E-state index contributed by atoms with van der Waals surface area (Å²) >= 11 is 1.36. The summed E-state index contributed by atoms with van der Waals surface area (Å²) in [6, 6.07) is -0.381. The molecule has 1 aliphatic heterocycles. The van der Waals surface area contributed by atoms with Gasteiger partial charge in [-0.05, 0) is 0 Å². The molecule has 10 heteroatoms. The van der Waals surface area contributed by atoms with Crippen molar-refractivity contribution in [3.05, 3.63) is 5.51 Å². The maximum Gasteiger partial charge on any atom is 0.407 e. The molecule has 1 aliphatic rings. The van der Waals surface area contributed by atoms with Crippen LogP contribution in [-0.4, -0.2) is 68.4 Å². The second kappa shape index (κ2) is 5.30. The number of hydrogen-bond donors (Lipinski definition) is 3. The fourth-order valence-electron chi connectivity index (χ4n) is 2.43. The van der Waals surface area contributed by atoms with Crippen molar-refractivity contribution in [2.75, 3.05) is 36.9 Å². The summed E-state index contributed by atoms with van der Waals surface area (Å²) in [5.41, 5.74) is 7.99. The molecule has 3 heterocycles. The van der Waals surface area contributed by atoms with Gasteiger partial charge in [-0.15, -0.1) is 11.3 Å². The summed E-state index contributed by atoms with van der Waals surface area (Å²) in [7, 11) is 0. The molecule has 4 N–H and O–H groups in total. The molecule has 1 saturated heterocycles. The molecule has 112 valence electrons. The zero-order valence-corrected chi connectivity index (χ0v) is 11.8. The average Bonchev–Trinajstić information content (AvgIpc) is 2.93. The molecule has 1 amide bonds. The van der Waals surface area contributed by atoms with Crippen molar-refractivity contribution in [2.24, 2.45) is 0 Å². The molecule has 21 heavy (non-hydrogen) atoms. The van der Waals surface area contributed by atoms with E-state index in [9.17, 15) is 9.90 Å². The molecule has 1 unspecified atom stereocenters. The van der Waals surface area contributed by atoms with E-state index in [0.29, 0.717) is 29.3 Å². The van der Waals surface area contributed by atoms with Gasteiger partial charge in [0.25, 0.3) is 0 Å². The third-order valence-corrected chi connectivity index (χ3v) is 4.15. The largest absolute Gasteiger partial charge is 0.465 e. The Hall–Kier alpha value is -2.20. The average molecular weight is 310 g/mol. The van der Waals surface area contributed by atoms with Gasteiger partial charge in [-0.25, -0.2) is 14.8 Å². The number of aromatic nitrogens is 3. The molecule has 2 aromatic heterocycles. The number of thiazole rings is 1. The topological polar surface area (TPSA) is 129 Å². The lowest BCUT2D eigenvalue weighted by Gasteiger charge is -2.40. The van der Waals surface area contributed by atoms with E-state index in [4.69, 9.17) is 10.8 Å². The van der Waals surface area contributed by atoms with Crippen LogP contribution in [0.25, 0.3) is 10.3 Å². The second-order valence-corrected chi connectivity index (χ2v) is 5.50. The van der Waals surface area contributed by atoms with Gasteiger partial charge in [-0.2, -0.15) is 4.98 Å². The smallest absolute Gasteiger partial charge is 0.407 e. The van der Waals surface area contributed by atoms with Crippen LogP contribution >= 0.6 is 11.3 Å². The minimum atomic E-state index is -0.992. The van der Waals surface area contributed by atoms with Gasteiger partial charge in [0.2, 0.25) is 5.95 Å². The Bertz CT molecular complexity index is 677. The Morgan fingerprint density at radius 3 is 3.00 bits per heavy atom. The van der Waals surface area contributed by atoms with Crippen molar-refractivity contribution >= 4 is 39.5 Å². The van der Waals surface area contributed by atoms with Gasteiger partial charge in [0.05, 0.1) is 18.2 Å². The quantitative estimate of drug-likeness (QED) is 0.697. The molecule has 0 spiro atoms. The van der Waals surface area contributed by atoms with Crippen molar-refractivity contribution in [1.82, 2.24) is 19.9 Å². The van der Waals surface area contributed by atoms with E-state index in [0.717, 1.165) is 0 Å². The lowest BCUT2D eigenvalue weighted by Crippen LogP contribution is -2.56. The van der Waals surface area contributed by atoms with Gasteiger partial charge in [-0.3, -0.25) is 0 Å². The number of piperazine rings is 1. The molecule has 1 atom stereocenters. The molecule has 1 fully saturated rings. The lowest BCUT2D eigenvalue weighted by atomic mass is 10.2. The normalized spacial score (nSPS) is 19.2. The predicted octanol–water partition coefficient (Wildman–Crippen LogP) is -0.171. The first-order valence-electron chi connectivity index (χ1n) is 6.32. The summed E-state index contributed by atoms with van der Waals surface area (Å²) in [6.07, 6.45) is -0.992. The Morgan fingerprint density at radius 1 is 1.48 bits per heavy atom. The van der Waals surface area contributed by atoms with Crippen LogP contribution in [-0.2, 0) is 0 Å². The lowest BCUT2D eigenvalue weighted by molar-refractivity contribution is 0.124. The Balaban J connectivity index is 1.98. The zero-order valence-electron chi connectivity index (χ0n) is 11.0. The molecular formula is C11H14N6O3S. The van der Waals surface area contributed by atoms with Crippen LogP contribution in [0.5, 0.6) is 0 Å². The summed E-state index contributed by atoms with van der Waals surface area (Å²) in [4.78, 5) is 27.4. The highest BCUT2D eigenvalue weighted by molar-refractivity contribution is 7.16. The number of fused-ring (bicyclic) bond motifs is 1. The van der Waals surface area contributed by atoms with Crippen molar-refractivity contribution in [2.45, 2.75) is 6.04 Å². The van der Waals surface area contributed by atoms with Crippen LogP contribution in [0.4, 0.5) is 16.6 Å². The molecule has 0 saturated carbocycles. The number of rotatable bonds is 2. The Labute approximate surface area is 123 Å². The SMILES string of the molecule is Nc1nc(N2CCN(C(=O)O)CC2CO)c2ncsc2n1. The fraction of sp³-hybridized carbons (Fsp3) is 0.455. The number of anilines is 2. The van der Waals surface area contributed by atoms with Crippen LogP contribution in [0, 0.1) is 0 Å². The fourth-order valence-corrected chi connectivity index (χ4v) is 3.09. The number of carboxylic acid groups (broad SMARTS) is 1. The van der Waals surface area contributed by atoms with Crippen LogP contribution in [0.2, 0.25) is 0 Å². The third-order valence-electron chi connectivity index (χ3n) is 3.43. The van der Waals surface area contributed by atoms with Crippen LogP contribution < -0.4 is 10.6 Å². The van der Waals surface area contributed by atoms with Gasteiger partial charge in [0.15, 0.2) is 10.6 Å².